The number of alkyl halides is 3. The van der Waals surface area contributed by atoms with Gasteiger partial charge >= 0.3 is 6.18 Å². The van der Waals surface area contributed by atoms with Gasteiger partial charge in [0.05, 0.1) is 39.8 Å². The fraction of sp³-hybridized carbons (Fsp3) is 0.457. The molecule has 0 aliphatic carbocycles. The van der Waals surface area contributed by atoms with Crippen molar-refractivity contribution in [1.82, 2.24) is 29.4 Å². The third-order valence-electron chi connectivity index (χ3n) is 9.69. The molecule has 0 unspecified atom stereocenters. The smallest absolute Gasteiger partial charge is 0.416 e. The highest BCUT2D eigenvalue weighted by Crippen LogP contribution is 2.35. The summed E-state index contributed by atoms with van der Waals surface area (Å²) in [4.78, 5) is 63.9. The summed E-state index contributed by atoms with van der Waals surface area (Å²) in [5.74, 6) is -1.04. The van der Waals surface area contributed by atoms with Gasteiger partial charge in [-0.3, -0.25) is 14.4 Å². The zero-order chi connectivity index (χ0) is 38.4. The summed E-state index contributed by atoms with van der Waals surface area (Å²) in [6.07, 6.45) is -0.149. The number of nitrogens with one attached hydrogen (secondary N) is 1. The SMILES string of the molecule is CCc1c(N2CCN(C(=O)c3ncnc(C)c3O)CC2)c(=O)c2nc(N3CCC[C@H]3C(C)(C)O)cnc2n1CC(=O)Nc1ccc(C(F)(F)F)cc1Cl. The number of benzene rings is 1. The minimum atomic E-state index is -4.62. The van der Waals surface area contributed by atoms with Gasteiger partial charge in [-0.1, -0.05) is 18.5 Å². The Labute approximate surface area is 307 Å². The predicted octanol–water partition coefficient (Wildman–Crippen LogP) is 4.17. The first-order valence-electron chi connectivity index (χ1n) is 17.1. The second-order valence-electron chi connectivity index (χ2n) is 13.6. The monoisotopic (exact) mass is 757 g/mol. The largest absolute Gasteiger partial charge is 0.504 e. The number of pyridine rings is 1. The molecule has 0 bridgehead atoms. The number of aryl methyl sites for hydroxylation is 1. The molecule has 1 atom stereocenters. The summed E-state index contributed by atoms with van der Waals surface area (Å²) in [6.45, 7) is 7.79. The molecule has 0 spiro atoms. The number of carbonyl (C=O) groups is 2. The van der Waals surface area contributed by atoms with Crippen LogP contribution < -0.4 is 20.5 Å². The lowest BCUT2D eigenvalue weighted by Crippen LogP contribution is -2.50. The second-order valence-corrected chi connectivity index (χ2v) is 14.1. The van der Waals surface area contributed by atoms with Gasteiger partial charge in [-0.15, -0.1) is 0 Å². The van der Waals surface area contributed by atoms with E-state index in [-0.39, 0.29) is 89.9 Å². The molecule has 2 amide bonds. The summed E-state index contributed by atoms with van der Waals surface area (Å²) < 4.78 is 41.3. The number of fused-ring (bicyclic) bond motifs is 1. The van der Waals surface area contributed by atoms with Gasteiger partial charge in [0.2, 0.25) is 11.3 Å². The molecule has 3 N–H and O–H groups in total. The normalized spacial score (nSPS) is 16.8. The summed E-state index contributed by atoms with van der Waals surface area (Å²) in [5, 5.41) is 23.6. The Hall–Kier alpha value is -5.03. The van der Waals surface area contributed by atoms with Crippen LogP contribution in [0.1, 0.15) is 61.1 Å². The summed E-state index contributed by atoms with van der Waals surface area (Å²) in [7, 11) is 0. The quantitative estimate of drug-likeness (QED) is 0.236. The number of halogens is 4. The number of aromatic nitrogens is 5. The van der Waals surface area contributed by atoms with E-state index in [1.807, 2.05) is 16.7 Å². The van der Waals surface area contributed by atoms with E-state index in [0.29, 0.717) is 24.5 Å². The molecule has 0 radical (unpaired) electrons. The maximum absolute atomic E-state index is 14.5. The minimum absolute atomic E-state index is 0.0173. The number of carbonyl (C=O) groups excluding carboxylic acids is 2. The van der Waals surface area contributed by atoms with Crippen molar-refractivity contribution in [3.8, 4) is 5.75 Å². The second kappa shape index (κ2) is 14.4. The van der Waals surface area contributed by atoms with Gasteiger partial charge in [0.1, 0.15) is 24.4 Å². The van der Waals surface area contributed by atoms with Gasteiger partial charge in [0.15, 0.2) is 22.6 Å². The molecule has 2 aliphatic rings. The van der Waals surface area contributed by atoms with E-state index in [4.69, 9.17) is 16.6 Å². The molecule has 2 saturated heterocycles. The van der Waals surface area contributed by atoms with Crippen molar-refractivity contribution < 1.29 is 33.0 Å². The van der Waals surface area contributed by atoms with Crippen LogP contribution in [0.2, 0.25) is 5.02 Å². The number of aromatic hydroxyl groups is 1. The lowest BCUT2D eigenvalue weighted by molar-refractivity contribution is -0.137. The molecular weight excluding hydrogens is 719 g/mol. The molecule has 3 aromatic heterocycles. The Bertz CT molecular complexity index is 2130. The highest BCUT2D eigenvalue weighted by molar-refractivity contribution is 6.33. The molecule has 2 fully saturated rings. The van der Waals surface area contributed by atoms with Crippen LogP contribution >= 0.6 is 11.6 Å². The van der Waals surface area contributed by atoms with Crippen molar-refractivity contribution in [2.45, 2.75) is 71.3 Å². The maximum atomic E-state index is 14.5. The Balaban J connectivity index is 1.38. The van der Waals surface area contributed by atoms with Crippen molar-refractivity contribution in [3.05, 3.63) is 68.6 Å². The summed E-state index contributed by atoms with van der Waals surface area (Å²) in [6, 6.07) is 2.33. The van der Waals surface area contributed by atoms with Crippen molar-refractivity contribution in [3.63, 3.8) is 0 Å². The predicted molar refractivity (Wildman–Crippen MR) is 191 cm³/mol. The van der Waals surface area contributed by atoms with Gasteiger partial charge in [-0.05, 0) is 58.2 Å². The Morgan fingerprint density at radius 2 is 1.79 bits per heavy atom. The van der Waals surface area contributed by atoms with E-state index in [9.17, 15) is 37.8 Å². The van der Waals surface area contributed by atoms with E-state index in [0.717, 1.165) is 24.6 Å². The van der Waals surface area contributed by atoms with Crippen LogP contribution in [0.15, 0.2) is 35.5 Å². The first-order chi connectivity index (χ1) is 25.0. The Morgan fingerprint density at radius 1 is 1.08 bits per heavy atom. The van der Waals surface area contributed by atoms with Gasteiger partial charge in [-0.25, -0.2) is 19.9 Å². The number of anilines is 3. The number of rotatable bonds is 8. The number of piperazine rings is 1. The lowest BCUT2D eigenvalue weighted by Gasteiger charge is -2.37. The lowest BCUT2D eigenvalue weighted by atomic mass is 9.97. The van der Waals surface area contributed by atoms with E-state index >= 15 is 0 Å². The summed E-state index contributed by atoms with van der Waals surface area (Å²) >= 11 is 6.13. The highest BCUT2D eigenvalue weighted by atomic mass is 35.5. The first kappa shape index (κ1) is 37.7. The fourth-order valence-electron chi connectivity index (χ4n) is 7.02. The van der Waals surface area contributed by atoms with Crippen LogP contribution in [0.3, 0.4) is 0 Å². The zero-order valence-electron chi connectivity index (χ0n) is 29.5. The number of aliphatic hydroxyl groups is 1. The fourth-order valence-corrected chi connectivity index (χ4v) is 7.25. The van der Waals surface area contributed by atoms with Crippen LogP contribution in [0.25, 0.3) is 11.2 Å². The molecule has 0 saturated carbocycles. The minimum Gasteiger partial charge on any atom is -0.504 e. The number of hydrogen-bond donors (Lipinski definition) is 3. The standard InChI is InChI=1S/C35H39ClF3N9O5/c1-5-23-29(45-11-13-46(14-12-45)33(52)28-30(50)19(2)41-18-42-28)31(51)27-32(40-16-25(44-27)47-10-6-7-24(47)34(3,4)53)48(23)17-26(49)43-22-9-8-20(15-21(22)36)35(37,38)39/h8-9,15-16,18,24,50,53H,5-7,10-14,17H2,1-4H3,(H,43,49)/t24-/m0/s1. The molecule has 18 heteroatoms. The zero-order valence-corrected chi connectivity index (χ0v) is 30.3. The van der Waals surface area contributed by atoms with E-state index < -0.39 is 34.6 Å². The van der Waals surface area contributed by atoms with Crippen molar-refractivity contribution >= 4 is 51.8 Å². The van der Waals surface area contributed by atoms with Crippen LogP contribution in [0.5, 0.6) is 5.75 Å². The number of hydrogen-bond acceptors (Lipinski definition) is 11. The molecule has 14 nitrogen and oxygen atoms in total. The third kappa shape index (κ3) is 7.44. The average molecular weight is 758 g/mol. The van der Waals surface area contributed by atoms with Crippen LogP contribution in [-0.2, 0) is 23.9 Å². The Morgan fingerprint density at radius 3 is 2.43 bits per heavy atom. The number of nitrogens with zero attached hydrogens (tertiary/aromatic N) is 8. The van der Waals surface area contributed by atoms with Crippen LogP contribution in [-0.4, -0.2) is 95.8 Å². The topological polar surface area (TPSA) is 170 Å². The van der Waals surface area contributed by atoms with E-state index in [2.05, 4.69) is 20.3 Å². The van der Waals surface area contributed by atoms with Crippen molar-refractivity contribution in [1.29, 1.82) is 0 Å². The van der Waals surface area contributed by atoms with Crippen LogP contribution in [0, 0.1) is 6.92 Å². The molecule has 1 aromatic carbocycles. The van der Waals surface area contributed by atoms with Gasteiger partial charge in [0.25, 0.3) is 5.91 Å². The summed E-state index contributed by atoms with van der Waals surface area (Å²) in [5.41, 5.74) is -1.53. The van der Waals surface area contributed by atoms with E-state index in [1.165, 1.54) is 17.4 Å². The van der Waals surface area contributed by atoms with Crippen molar-refractivity contribution in [2.75, 3.05) is 47.8 Å². The Kier molecular flexibility index (Phi) is 10.3. The molecule has 53 heavy (non-hydrogen) atoms. The molecule has 5 heterocycles. The molecule has 282 valence electrons. The molecule has 6 rings (SSSR count). The molecule has 4 aromatic rings. The molecule has 2 aliphatic heterocycles. The number of amides is 2. The third-order valence-corrected chi connectivity index (χ3v) is 10.00. The van der Waals surface area contributed by atoms with Gasteiger partial charge in [0, 0.05) is 38.4 Å². The highest BCUT2D eigenvalue weighted by Gasteiger charge is 2.38. The molecular formula is C35H39ClF3N9O5. The van der Waals surface area contributed by atoms with Crippen LogP contribution in [0.4, 0.5) is 30.4 Å². The average Bonchev–Trinajstić information content (AvgIpc) is 3.62. The van der Waals surface area contributed by atoms with Crippen molar-refractivity contribution in [2.24, 2.45) is 0 Å². The van der Waals surface area contributed by atoms with Gasteiger partial charge in [-0.2, -0.15) is 13.2 Å². The maximum Gasteiger partial charge on any atom is 0.416 e. The first-order valence-corrected chi connectivity index (χ1v) is 17.5. The van der Waals surface area contributed by atoms with E-state index in [1.54, 1.807) is 25.3 Å². The van der Waals surface area contributed by atoms with Gasteiger partial charge < -0.3 is 34.8 Å².